The number of rotatable bonds is 3. The first-order chi connectivity index (χ1) is 11.5. The molecule has 0 atom stereocenters. The van der Waals surface area contributed by atoms with E-state index in [1.165, 1.54) is 6.07 Å². The Morgan fingerprint density at radius 1 is 0.917 bits per heavy atom. The Morgan fingerprint density at radius 2 is 1.46 bits per heavy atom. The zero-order valence-corrected chi connectivity index (χ0v) is 12.5. The van der Waals surface area contributed by atoms with E-state index in [4.69, 9.17) is 0 Å². The Balaban J connectivity index is 1.88. The molecule has 1 N–H and O–H groups in total. The highest BCUT2D eigenvalue weighted by Crippen LogP contribution is 2.26. The number of hydrogen-bond acceptors (Lipinski definition) is 4. The summed E-state index contributed by atoms with van der Waals surface area (Å²) in [5.74, 6) is -5.19. The van der Waals surface area contributed by atoms with E-state index in [9.17, 15) is 22.4 Å². The molecule has 0 aliphatic heterocycles. The van der Waals surface area contributed by atoms with Crippen LogP contribution in [0.3, 0.4) is 0 Å². The third-order valence-corrected chi connectivity index (χ3v) is 3.65. The number of benzene rings is 2. The van der Waals surface area contributed by atoms with Crippen LogP contribution >= 0.6 is 11.5 Å². The van der Waals surface area contributed by atoms with Gasteiger partial charge in [0.1, 0.15) is 28.8 Å². The maximum atomic E-state index is 13.7. The summed E-state index contributed by atoms with van der Waals surface area (Å²) in [6.45, 7) is 0. The van der Waals surface area contributed by atoms with Gasteiger partial charge < -0.3 is 0 Å². The molecule has 0 saturated carbocycles. The quantitative estimate of drug-likeness (QED) is 0.724. The lowest BCUT2D eigenvalue weighted by Crippen LogP contribution is -2.15. The van der Waals surface area contributed by atoms with Gasteiger partial charge >= 0.3 is 0 Å². The van der Waals surface area contributed by atoms with Crippen molar-refractivity contribution < 1.29 is 22.4 Å². The Kier molecular flexibility index (Phi) is 4.26. The third kappa shape index (κ3) is 2.98. The highest BCUT2D eigenvalue weighted by molar-refractivity contribution is 7.10. The Morgan fingerprint density at radius 3 is 2.04 bits per heavy atom. The van der Waals surface area contributed by atoms with Crippen molar-refractivity contribution in [2.24, 2.45) is 0 Å². The maximum Gasteiger partial charge on any atom is 0.263 e. The Hall–Kier alpha value is -2.81. The third-order valence-electron chi connectivity index (χ3n) is 3.02. The molecule has 122 valence electrons. The van der Waals surface area contributed by atoms with Crippen LogP contribution in [0.4, 0.5) is 22.7 Å². The minimum absolute atomic E-state index is 0.152. The summed E-state index contributed by atoms with van der Waals surface area (Å²) < 4.78 is 58.2. The Bertz CT molecular complexity index is 888. The second-order valence-corrected chi connectivity index (χ2v) is 5.32. The van der Waals surface area contributed by atoms with Crippen molar-refractivity contribution in [1.29, 1.82) is 0 Å². The van der Waals surface area contributed by atoms with Crippen molar-refractivity contribution in [2.45, 2.75) is 0 Å². The van der Waals surface area contributed by atoms with Gasteiger partial charge in [-0.15, -0.1) is 0 Å². The summed E-state index contributed by atoms with van der Waals surface area (Å²) in [6.07, 6.45) is 0. The lowest BCUT2D eigenvalue weighted by Gasteiger charge is -2.03. The van der Waals surface area contributed by atoms with Gasteiger partial charge in [0, 0.05) is 11.5 Å². The minimum atomic E-state index is -1.08. The number of anilines is 1. The smallest absolute Gasteiger partial charge is 0.263 e. The van der Waals surface area contributed by atoms with Crippen LogP contribution in [0.2, 0.25) is 0 Å². The molecule has 3 rings (SSSR count). The molecule has 0 fully saturated rings. The second kappa shape index (κ2) is 6.36. The van der Waals surface area contributed by atoms with E-state index < -0.39 is 40.3 Å². The Labute approximate surface area is 137 Å². The first kappa shape index (κ1) is 16.1. The molecule has 9 heteroatoms. The molecule has 1 aromatic heterocycles. The molecule has 1 amide bonds. The normalized spacial score (nSPS) is 10.7. The van der Waals surface area contributed by atoms with Crippen molar-refractivity contribution in [1.82, 2.24) is 9.36 Å². The highest BCUT2D eigenvalue weighted by Gasteiger charge is 2.20. The molecule has 24 heavy (non-hydrogen) atoms. The van der Waals surface area contributed by atoms with E-state index in [0.29, 0.717) is 11.5 Å². The summed E-state index contributed by atoms with van der Waals surface area (Å²) in [6, 6.07) is 6.23. The first-order valence-corrected chi connectivity index (χ1v) is 7.28. The fourth-order valence-electron chi connectivity index (χ4n) is 1.96. The maximum absolute atomic E-state index is 13.7. The lowest BCUT2D eigenvalue weighted by atomic mass is 10.2. The van der Waals surface area contributed by atoms with E-state index in [-0.39, 0.29) is 11.0 Å². The van der Waals surface area contributed by atoms with E-state index in [1.54, 1.807) is 0 Å². The molecular formula is C15H7F4N3OS. The molecule has 1 heterocycles. The predicted octanol–water partition coefficient (Wildman–Crippen LogP) is 4.01. The predicted molar refractivity (Wildman–Crippen MR) is 79.6 cm³/mol. The number of nitrogens with one attached hydrogen (secondary N) is 1. The van der Waals surface area contributed by atoms with Crippen LogP contribution in [-0.2, 0) is 0 Å². The van der Waals surface area contributed by atoms with Crippen LogP contribution in [0, 0.1) is 23.3 Å². The number of halogens is 4. The van der Waals surface area contributed by atoms with Crippen LogP contribution in [0.15, 0.2) is 36.4 Å². The van der Waals surface area contributed by atoms with Crippen LogP contribution in [0.1, 0.15) is 10.4 Å². The summed E-state index contributed by atoms with van der Waals surface area (Å²) >= 11 is 0.625. The monoisotopic (exact) mass is 353 g/mol. The van der Waals surface area contributed by atoms with Gasteiger partial charge in [-0.2, -0.15) is 9.36 Å². The fourth-order valence-corrected chi connectivity index (χ4v) is 2.53. The molecule has 0 aliphatic carbocycles. The molecule has 0 aliphatic rings. The summed E-state index contributed by atoms with van der Waals surface area (Å²) in [4.78, 5) is 15.7. The standard InChI is InChI=1S/C15H7F4N3OS/c16-7-3-1-4-8(17)11(7)13-20-15(24-22-13)21-14(23)12-9(18)5-2-6-10(12)19/h1-6H,(H,20,21,22,23). The molecular weight excluding hydrogens is 346 g/mol. The second-order valence-electron chi connectivity index (χ2n) is 4.57. The number of amides is 1. The van der Waals surface area contributed by atoms with E-state index >= 15 is 0 Å². The van der Waals surface area contributed by atoms with Crippen LogP contribution in [0.5, 0.6) is 0 Å². The average molecular weight is 353 g/mol. The number of carbonyl (C=O) groups excluding carboxylic acids is 1. The van der Waals surface area contributed by atoms with Gasteiger partial charge in [0.05, 0.1) is 5.56 Å². The van der Waals surface area contributed by atoms with Gasteiger partial charge in [-0.3, -0.25) is 10.1 Å². The largest absolute Gasteiger partial charge is 0.296 e. The van der Waals surface area contributed by atoms with Crippen molar-refractivity contribution in [3.05, 3.63) is 65.2 Å². The fraction of sp³-hybridized carbons (Fsp3) is 0. The number of hydrogen-bond donors (Lipinski definition) is 1. The van der Waals surface area contributed by atoms with Crippen LogP contribution in [-0.4, -0.2) is 15.3 Å². The van der Waals surface area contributed by atoms with Gasteiger partial charge in [-0.05, 0) is 24.3 Å². The van der Waals surface area contributed by atoms with E-state index in [2.05, 4.69) is 14.7 Å². The summed E-state index contributed by atoms with van der Waals surface area (Å²) in [5, 5.41) is 2.00. The molecule has 0 radical (unpaired) electrons. The topological polar surface area (TPSA) is 54.9 Å². The van der Waals surface area contributed by atoms with Crippen molar-refractivity contribution in [3.8, 4) is 11.4 Å². The summed E-state index contributed by atoms with van der Waals surface area (Å²) in [7, 11) is 0. The molecule has 0 bridgehead atoms. The van der Waals surface area contributed by atoms with E-state index in [0.717, 1.165) is 30.3 Å². The first-order valence-electron chi connectivity index (χ1n) is 6.51. The van der Waals surface area contributed by atoms with Gasteiger partial charge in [-0.1, -0.05) is 12.1 Å². The zero-order chi connectivity index (χ0) is 17.3. The molecule has 4 nitrogen and oxygen atoms in total. The number of nitrogens with zero attached hydrogens (tertiary/aromatic N) is 2. The van der Waals surface area contributed by atoms with Crippen LogP contribution in [0.25, 0.3) is 11.4 Å². The van der Waals surface area contributed by atoms with E-state index in [1.807, 2.05) is 0 Å². The van der Waals surface area contributed by atoms with Gasteiger partial charge in [0.25, 0.3) is 5.91 Å². The molecule has 0 unspecified atom stereocenters. The molecule has 0 saturated heterocycles. The van der Waals surface area contributed by atoms with Crippen molar-refractivity contribution in [2.75, 3.05) is 5.32 Å². The number of aromatic nitrogens is 2. The van der Waals surface area contributed by atoms with Crippen molar-refractivity contribution in [3.63, 3.8) is 0 Å². The van der Waals surface area contributed by atoms with Gasteiger partial charge in [0.15, 0.2) is 5.82 Å². The molecule has 0 spiro atoms. The number of carbonyl (C=O) groups is 1. The minimum Gasteiger partial charge on any atom is -0.296 e. The highest BCUT2D eigenvalue weighted by atomic mass is 32.1. The average Bonchev–Trinajstić information content (AvgIpc) is 2.95. The van der Waals surface area contributed by atoms with Crippen molar-refractivity contribution >= 4 is 22.6 Å². The zero-order valence-electron chi connectivity index (χ0n) is 11.7. The molecule has 2 aromatic carbocycles. The SMILES string of the molecule is O=C(Nc1nc(-c2c(F)cccc2F)ns1)c1c(F)cccc1F. The van der Waals surface area contributed by atoms with Crippen LogP contribution < -0.4 is 5.32 Å². The molecule has 3 aromatic rings. The van der Waals surface area contributed by atoms with Gasteiger partial charge in [0.2, 0.25) is 5.13 Å². The summed E-state index contributed by atoms with van der Waals surface area (Å²) in [5.41, 5.74) is -1.24. The lowest BCUT2D eigenvalue weighted by molar-refractivity contribution is 0.101. The van der Waals surface area contributed by atoms with Gasteiger partial charge in [-0.25, -0.2) is 17.6 Å².